The number of hydrogen-bond donors (Lipinski definition) is 3. The van der Waals surface area contributed by atoms with Crippen LogP contribution in [0.1, 0.15) is 10.4 Å². The number of nitrogens with zero attached hydrogens (tertiary/aromatic N) is 2. The van der Waals surface area contributed by atoms with Crippen molar-refractivity contribution in [2.75, 3.05) is 19.0 Å². The summed E-state index contributed by atoms with van der Waals surface area (Å²) in [6.45, 7) is -0.0205. The molecule has 31 heavy (non-hydrogen) atoms. The van der Waals surface area contributed by atoms with Crippen molar-refractivity contribution in [1.82, 2.24) is 20.4 Å². The van der Waals surface area contributed by atoms with E-state index >= 15 is 0 Å². The fraction of sp³-hybridized carbons (Fsp3) is 0.0870. The molecule has 2 amide bonds. The van der Waals surface area contributed by atoms with Crippen LogP contribution in [-0.4, -0.2) is 35.0 Å². The van der Waals surface area contributed by atoms with Gasteiger partial charge < -0.3 is 10.1 Å². The van der Waals surface area contributed by atoms with Crippen LogP contribution in [0.4, 0.5) is 5.69 Å². The van der Waals surface area contributed by atoms with Crippen LogP contribution in [0.2, 0.25) is 0 Å². The lowest BCUT2D eigenvalue weighted by Gasteiger charge is -2.12. The summed E-state index contributed by atoms with van der Waals surface area (Å²) in [5.74, 6) is -0.168. The van der Waals surface area contributed by atoms with Gasteiger partial charge in [-0.25, -0.2) is 4.98 Å². The minimum Gasteiger partial charge on any atom is -0.495 e. The van der Waals surface area contributed by atoms with E-state index in [1.807, 2.05) is 53.1 Å². The lowest BCUT2D eigenvalue weighted by molar-refractivity contribution is -0.120. The molecular formula is C23H21N5O3. The molecule has 0 saturated heterocycles. The molecule has 8 heteroatoms. The first-order chi connectivity index (χ1) is 15.2. The zero-order valence-electron chi connectivity index (χ0n) is 16.8. The van der Waals surface area contributed by atoms with Gasteiger partial charge in [0.2, 0.25) is 0 Å². The van der Waals surface area contributed by atoms with Crippen molar-refractivity contribution in [2.45, 2.75) is 0 Å². The molecule has 4 aromatic rings. The normalized spacial score (nSPS) is 10.5. The van der Waals surface area contributed by atoms with E-state index in [2.05, 4.69) is 21.2 Å². The number of hydrazine groups is 1. The van der Waals surface area contributed by atoms with Crippen LogP contribution in [0.3, 0.4) is 0 Å². The van der Waals surface area contributed by atoms with Gasteiger partial charge in [0.05, 0.1) is 30.4 Å². The summed E-state index contributed by atoms with van der Waals surface area (Å²) in [5, 5.41) is 2.97. The third-order valence-corrected chi connectivity index (χ3v) is 4.72. The van der Waals surface area contributed by atoms with Crippen LogP contribution in [-0.2, 0) is 4.79 Å². The molecule has 0 aliphatic rings. The molecule has 0 spiro atoms. The number of ether oxygens (including phenoxy) is 1. The van der Waals surface area contributed by atoms with E-state index in [-0.39, 0.29) is 12.5 Å². The van der Waals surface area contributed by atoms with Gasteiger partial charge in [-0.2, -0.15) is 0 Å². The molecule has 0 bridgehead atoms. The van der Waals surface area contributed by atoms with E-state index in [1.54, 1.807) is 37.7 Å². The number of fused-ring (bicyclic) bond motifs is 1. The van der Waals surface area contributed by atoms with E-state index in [0.717, 1.165) is 16.7 Å². The SMILES string of the molecule is COc1ccccc1NCC(=O)NNC(=O)c1ccc(-n2cnc3ccccc32)cc1. The molecule has 0 saturated carbocycles. The molecular weight excluding hydrogens is 394 g/mol. The van der Waals surface area contributed by atoms with Crippen LogP contribution in [0.5, 0.6) is 5.75 Å². The highest BCUT2D eigenvalue weighted by Gasteiger charge is 2.10. The van der Waals surface area contributed by atoms with Crippen LogP contribution >= 0.6 is 0 Å². The van der Waals surface area contributed by atoms with Gasteiger partial charge in [-0.3, -0.25) is 25.0 Å². The zero-order valence-corrected chi connectivity index (χ0v) is 16.8. The maximum absolute atomic E-state index is 12.3. The first kappa shape index (κ1) is 20.0. The molecule has 0 aliphatic carbocycles. The summed E-state index contributed by atoms with van der Waals surface area (Å²) in [7, 11) is 1.56. The second-order valence-corrected chi connectivity index (χ2v) is 6.71. The molecule has 0 aliphatic heterocycles. The van der Waals surface area contributed by atoms with E-state index in [4.69, 9.17) is 4.74 Å². The molecule has 0 radical (unpaired) electrons. The first-order valence-corrected chi connectivity index (χ1v) is 9.64. The van der Waals surface area contributed by atoms with Crippen molar-refractivity contribution in [1.29, 1.82) is 0 Å². The summed E-state index contributed by atoms with van der Waals surface area (Å²) in [4.78, 5) is 28.8. The van der Waals surface area contributed by atoms with Crippen molar-refractivity contribution in [2.24, 2.45) is 0 Å². The minimum absolute atomic E-state index is 0.0205. The van der Waals surface area contributed by atoms with Gasteiger partial charge in [-0.15, -0.1) is 0 Å². The number of rotatable bonds is 6. The van der Waals surface area contributed by atoms with Gasteiger partial charge in [0.15, 0.2) is 0 Å². The average Bonchev–Trinajstić information content (AvgIpc) is 3.25. The van der Waals surface area contributed by atoms with E-state index in [1.165, 1.54) is 0 Å². The first-order valence-electron chi connectivity index (χ1n) is 9.64. The average molecular weight is 415 g/mol. The number of aromatic nitrogens is 2. The fourth-order valence-corrected chi connectivity index (χ4v) is 3.15. The van der Waals surface area contributed by atoms with Crippen molar-refractivity contribution >= 4 is 28.5 Å². The molecule has 0 unspecified atom stereocenters. The predicted octanol–water partition coefficient (Wildman–Crippen LogP) is 2.91. The fourth-order valence-electron chi connectivity index (χ4n) is 3.15. The molecule has 1 aromatic heterocycles. The number of anilines is 1. The molecule has 8 nitrogen and oxygen atoms in total. The van der Waals surface area contributed by atoms with Gasteiger partial charge in [0, 0.05) is 11.3 Å². The smallest absolute Gasteiger partial charge is 0.269 e. The highest BCUT2D eigenvalue weighted by atomic mass is 16.5. The molecule has 3 aromatic carbocycles. The molecule has 0 fully saturated rings. The highest BCUT2D eigenvalue weighted by Crippen LogP contribution is 2.22. The zero-order chi connectivity index (χ0) is 21.6. The Balaban J connectivity index is 1.33. The number of methoxy groups -OCH3 is 1. The van der Waals surface area contributed by atoms with Gasteiger partial charge in [-0.1, -0.05) is 24.3 Å². The summed E-state index contributed by atoms with van der Waals surface area (Å²) in [6.07, 6.45) is 1.74. The van der Waals surface area contributed by atoms with Crippen molar-refractivity contribution in [3.8, 4) is 11.4 Å². The summed E-state index contributed by atoms with van der Waals surface area (Å²) >= 11 is 0. The Morgan fingerprint density at radius 1 is 0.935 bits per heavy atom. The quantitative estimate of drug-likeness (QED) is 0.421. The number of benzene rings is 3. The van der Waals surface area contributed by atoms with E-state index < -0.39 is 5.91 Å². The Labute approximate surface area is 178 Å². The van der Waals surface area contributed by atoms with Gasteiger partial charge in [0.1, 0.15) is 12.1 Å². The number of carbonyl (C=O) groups is 2. The van der Waals surface area contributed by atoms with Gasteiger partial charge in [0.25, 0.3) is 11.8 Å². The molecule has 3 N–H and O–H groups in total. The monoisotopic (exact) mass is 415 g/mol. The lowest BCUT2D eigenvalue weighted by atomic mass is 10.2. The Morgan fingerprint density at radius 2 is 1.68 bits per heavy atom. The van der Waals surface area contributed by atoms with Crippen LogP contribution in [0, 0.1) is 0 Å². The third-order valence-electron chi connectivity index (χ3n) is 4.72. The van der Waals surface area contributed by atoms with E-state index in [9.17, 15) is 9.59 Å². The Hall–Kier alpha value is -4.33. The number of imidazole rings is 1. The minimum atomic E-state index is -0.410. The molecule has 1 heterocycles. The number of nitrogens with one attached hydrogen (secondary N) is 3. The molecule has 156 valence electrons. The van der Waals surface area contributed by atoms with Gasteiger partial charge in [-0.05, 0) is 48.5 Å². The molecule has 0 atom stereocenters. The second-order valence-electron chi connectivity index (χ2n) is 6.71. The summed E-state index contributed by atoms with van der Waals surface area (Å²) in [6, 6.07) is 22.1. The van der Waals surface area contributed by atoms with Crippen molar-refractivity contribution in [3.63, 3.8) is 0 Å². The van der Waals surface area contributed by atoms with Crippen LogP contribution in [0.15, 0.2) is 79.1 Å². The number of amides is 2. The van der Waals surface area contributed by atoms with Crippen molar-refractivity contribution < 1.29 is 14.3 Å². The standard InChI is InChI=1S/C23H21N5O3/c1-31-21-9-5-3-7-19(21)24-14-22(29)26-27-23(30)16-10-12-17(13-11-16)28-15-25-18-6-2-4-8-20(18)28/h2-13,15,24H,14H2,1H3,(H,26,29)(H,27,30). The topological polar surface area (TPSA) is 97.3 Å². The largest absolute Gasteiger partial charge is 0.495 e. The number of carbonyl (C=O) groups excluding carboxylic acids is 2. The van der Waals surface area contributed by atoms with E-state index in [0.29, 0.717) is 17.0 Å². The molecule has 4 rings (SSSR count). The van der Waals surface area contributed by atoms with Crippen LogP contribution < -0.4 is 20.9 Å². The third kappa shape index (κ3) is 4.48. The Morgan fingerprint density at radius 3 is 2.48 bits per heavy atom. The number of hydrogen-bond acceptors (Lipinski definition) is 5. The summed E-state index contributed by atoms with van der Waals surface area (Å²) < 4.78 is 7.17. The van der Waals surface area contributed by atoms with Crippen molar-refractivity contribution in [3.05, 3.63) is 84.7 Å². The Kier molecular flexibility index (Phi) is 5.79. The maximum Gasteiger partial charge on any atom is 0.269 e. The number of para-hydroxylation sites is 4. The Bertz CT molecular complexity index is 1220. The van der Waals surface area contributed by atoms with Gasteiger partial charge >= 0.3 is 0 Å². The predicted molar refractivity (Wildman–Crippen MR) is 118 cm³/mol. The highest BCUT2D eigenvalue weighted by molar-refractivity contribution is 5.96. The summed E-state index contributed by atoms with van der Waals surface area (Å²) in [5.41, 5.74) is 8.69. The maximum atomic E-state index is 12.3. The lowest BCUT2D eigenvalue weighted by Crippen LogP contribution is -2.44. The van der Waals surface area contributed by atoms with Crippen LogP contribution in [0.25, 0.3) is 16.7 Å². The second kappa shape index (κ2) is 9.00.